The maximum atomic E-state index is 9.93. The Morgan fingerprint density at radius 3 is 1.65 bits per heavy atom. The van der Waals surface area contributed by atoms with Gasteiger partial charge in [0, 0.05) is 0 Å². The van der Waals surface area contributed by atoms with Crippen LogP contribution < -0.4 is 0 Å². The minimum Gasteiger partial charge on any atom is -0.385 e. The molecule has 2 rings (SSSR count). The molecule has 0 radical (unpaired) electrons. The van der Waals surface area contributed by atoms with E-state index < -0.39 is 24.2 Å². The minimum atomic E-state index is -2.34. The van der Waals surface area contributed by atoms with Crippen molar-refractivity contribution >= 4 is 0 Å². The van der Waals surface area contributed by atoms with Crippen molar-refractivity contribution in [2.24, 2.45) is 0 Å². The van der Waals surface area contributed by atoms with Gasteiger partial charge in [-0.15, -0.1) is 0 Å². The van der Waals surface area contributed by atoms with Crippen molar-refractivity contribution in [3.8, 4) is 0 Å². The van der Waals surface area contributed by atoms with Crippen LogP contribution in [0.3, 0.4) is 0 Å². The smallest absolute Gasteiger partial charge is 0.312 e. The number of hydrogen-bond donors (Lipinski definition) is 4. The highest BCUT2D eigenvalue weighted by Gasteiger charge is 2.52. The van der Waals surface area contributed by atoms with Gasteiger partial charge in [-0.1, -0.05) is 0 Å². The predicted octanol–water partition coefficient (Wildman–Crippen LogP) is -1.36. The Balaban J connectivity index is 2.07. The van der Waals surface area contributed by atoms with E-state index in [2.05, 4.69) is 0 Å². The van der Waals surface area contributed by atoms with Gasteiger partial charge in [0.25, 0.3) is 0 Å². The van der Waals surface area contributed by atoms with Crippen molar-refractivity contribution in [1.82, 2.24) is 0 Å². The van der Waals surface area contributed by atoms with Crippen molar-refractivity contribution in [3.63, 3.8) is 0 Å². The lowest BCUT2D eigenvalue weighted by atomic mass is 10.1. The standard InChI is InChI=1S/C10H18O7/c11-7-3-1-5-15-9(7,13)17-10(14)8(12)4-2-6-16-10/h7-8,11-14H,1-6H2. The van der Waals surface area contributed by atoms with Crippen LogP contribution >= 0.6 is 0 Å². The third-order valence-corrected chi connectivity index (χ3v) is 3.00. The Bertz CT molecular complexity index is 247. The molecule has 2 aliphatic heterocycles. The second-order valence-corrected chi connectivity index (χ2v) is 4.38. The average Bonchev–Trinajstić information content (AvgIpc) is 2.27. The van der Waals surface area contributed by atoms with Gasteiger partial charge >= 0.3 is 11.9 Å². The van der Waals surface area contributed by atoms with Crippen LogP contribution in [0.2, 0.25) is 0 Å². The second kappa shape index (κ2) is 4.77. The molecule has 0 aromatic heterocycles. The fourth-order valence-corrected chi connectivity index (χ4v) is 1.95. The van der Waals surface area contributed by atoms with E-state index in [1.807, 2.05) is 0 Å². The van der Waals surface area contributed by atoms with Crippen LogP contribution in [-0.2, 0) is 14.2 Å². The third-order valence-electron chi connectivity index (χ3n) is 3.00. The zero-order valence-electron chi connectivity index (χ0n) is 9.41. The van der Waals surface area contributed by atoms with Crippen LogP contribution in [-0.4, -0.2) is 57.8 Å². The van der Waals surface area contributed by atoms with E-state index in [-0.39, 0.29) is 26.1 Å². The summed E-state index contributed by atoms with van der Waals surface area (Å²) in [6, 6.07) is 0. The van der Waals surface area contributed by atoms with Crippen LogP contribution in [0, 0.1) is 0 Å². The van der Waals surface area contributed by atoms with Gasteiger partial charge in [0.05, 0.1) is 13.2 Å². The van der Waals surface area contributed by atoms with Crippen LogP contribution in [0.25, 0.3) is 0 Å². The molecule has 0 aliphatic carbocycles. The van der Waals surface area contributed by atoms with Crippen LogP contribution in [0.1, 0.15) is 25.7 Å². The highest BCUT2D eigenvalue weighted by Crippen LogP contribution is 2.33. The van der Waals surface area contributed by atoms with Gasteiger partial charge in [-0.25, -0.2) is 0 Å². The zero-order valence-corrected chi connectivity index (χ0v) is 9.41. The largest absolute Gasteiger partial charge is 0.385 e. The fraction of sp³-hybridized carbons (Fsp3) is 1.00. The summed E-state index contributed by atoms with van der Waals surface area (Å²) in [6.07, 6.45) is -0.870. The van der Waals surface area contributed by atoms with Gasteiger partial charge in [-0.3, -0.25) is 4.74 Å². The van der Waals surface area contributed by atoms with Crippen molar-refractivity contribution < 1.29 is 34.6 Å². The van der Waals surface area contributed by atoms with Gasteiger partial charge in [0.2, 0.25) is 0 Å². The van der Waals surface area contributed by atoms with E-state index in [1.165, 1.54) is 0 Å². The van der Waals surface area contributed by atoms with Gasteiger partial charge in [0.1, 0.15) is 12.2 Å². The molecule has 0 spiro atoms. The number of hydrogen-bond acceptors (Lipinski definition) is 7. The molecule has 0 saturated carbocycles. The molecule has 7 heteroatoms. The summed E-state index contributed by atoms with van der Waals surface area (Å²) in [4.78, 5) is 0. The molecule has 7 nitrogen and oxygen atoms in total. The predicted molar refractivity (Wildman–Crippen MR) is 53.4 cm³/mol. The topological polar surface area (TPSA) is 109 Å². The van der Waals surface area contributed by atoms with E-state index >= 15 is 0 Å². The molecule has 17 heavy (non-hydrogen) atoms. The molecule has 0 aromatic rings. The molecule has 4 N–H and O–H groups in total. The number of ether oxygens (including phenoxy) is 3. The highest BCUT2D eigenvalue weighted by atomic mass is 16.9. The molecule has 0 aromatic carbocycles. The average molecular weight is 250 g/mol. The summed E-state index contributed by atoms with van der Waals surface area (Å²) in [5.74, 6) is -4.68. The van der Waals surface area contributed by atoms with Crippen LogP contribution in [0.5, 0.6) is 0 Å². The summed E-state index contributed by atoms with van der Waals surface area (Å²) in [7, 11) is 0. The Morgan fingerprint density at radius 2 is 1.29 bits per heavy atom. The first-order valence-electron chi connectivity index (χ1n) is 5.75. The first-order chi connectivity index (χ1) is 7.96. The molecule has 2 saturated heterocycles. The lowest BCUT2D eigenvalue weighted by Crippen LogP contribution is -2.61. The minimum absolute atomic E-state index is 0.194. The van der Waals surface area contributed by atoms with Crippen LogP contribution in [0.4, 0.5) is 0 Å². The number of aliphatic hydroxyl groups excluding tert-OH is 2. The molecule has 0 bridgehead atoms. The zero-order chi connectivity index (χ0) is 12.5. The maximum absolute atomic E-state index is 9.93. The molecular weight excluding hydrogens is 232 g/mol. The second-order valence-electron chi connectivity index (χ2n) is 4.38. The number of aliphatic hydroxyl groups is 4. The van der Waals surface area contributed by atoms with Gasteiger partial charge in [0.15, 0.2) is 0 Å². The van der Waals surface area contributed by atoms with Crippen molar-refractivity contribution in [2.45, 2.75) is 49.8 Å². The Morgan fingerprint density at radius 1 is 0.882 bits per heavy atom. The number of rotatable bonds is 2. The van der Waals surface area contributed by atoms with Gasteiger partial charge in [-0.05, 0) is 25.7 Å². The van der Waals surface area contributed by atoms with E-state index in [9.17, 15) is 20.4 Å². The Kier molecular flexibility index (Phi) is 3.69. The summed E-state index contributed by atoms with van der Waals surface area (Å²) in [6.45, 7) is 0.388. The van der Waals surface area contributed by atoms with Crippen molar-refractivity contribution in [2.75, 3.05) is 13.2 Å². The van der Waals surface area contributed by atoms with E-state index in [0.717, 1.165) is 0 Å². The van der Waals surface area contributed by atoms with Crippen molar-refractivity contribution in [3.05, 3.63) is 0 Å². The molecule has 100 valence electrons. The molecule has 4 atom stereocenters. The fourth-order valence-electron chi connectivity index (χ4n) is 1.95. The summed E-state index contributed by atoms with van der Waals surface area (Å²) in [5.41, 5.74) is 0. The molecule has 0 amide bonds. The van der Waals surface area contributed by atoms with E-state index in [0.29, 0.717) is 12.8 Å². The molecular formula is C10H18O7. The first kappa shape index (κ1) is 13.2. The summed E-state index contributed by atoms with van der Waals surface area (Å²) >= 11 is 0. The third kappa shape index (κ3) is 2.60. The normalized spacial score (nSPS) is 48.0. The summed E-state index contributed by atoms with van der Waals surface area (Å²) in [5, 5.41) is 39.1. The molecule has 2 fully saturated rings. The van der Waals surface area contributed by atoms with Crippen molar-refractivity contribution in [1.29, 1.82) is 0 Å². The monoisotopic (exact) mass is 250 g/mol. The van der Waals surface area contributed by atoms with Gasteiger partial charge in [-0.2, -0.15) is 0 Å². The highest BCUT2D eigenvalue weighted by molar-refractivity contribution is 4.79. The Hall–Kier alpha value is -0.280. The lowest BCUT2D eigenvalue weighted by molar-refractivity contribution is -0.528. The maximum Gasteiger partial charge on any atom is 0.312 e. The van der Waals surface area contributed by atoms with Crippen LogP contribution in [0.15, 0.2) is 0 Å². The summed E-state index contributed by atoms with van der Waals surface area (Å²) < 4.78 is 14.8. The molecule has 2 heterocycles. The Labute approximate surface area is 98.5 Å². The van der Waals surface area contributed by atoms with Gasteiger partial charge < -0.3 is 29.9 Å². The van der Waals surface area contributed by atoms with E-state index in [1.54, 1.807) is 0 Å². The first-order valence-corrected chi connectivity index (χ1v) is 5.75. The SMILES string of the molecule is OC1CCCOC1(O)OC1(O)OCCCC1O. The lowest BCUT2D eigenvalue weighted by Gasteiger charge is -2.43. The molecule has 2 aliphatic rings. The molecule has 4 unspecified atom stereocenters. The van der Waals surface area contributed by atoms with E-state index in [4.69, 9.17) is 14.2 Å². The quantitative estimate of drug-likeness (QED) is 0.448.